The molecule has 4 aliphatic rings. The van der Waals surface area contributed by atoms with Gasteiger partial charge in [-0.3, -0.25) is 9.59 Å². The largest absolute Gasteiger partial charge is 0.355 e. The first-order chi connectivity index (χ1) is 15.1. The topological polar surface area (TPSA) is 85.5 Å². The van der Waals surface area contributed by atoms with Crippen molar-refractivity contribution >= 4 is 11.8 Å². The Bertz CT molecular complexity index is 585. The highest BCUT2D eigenvalue weighted by Crippen LogP contribution is 2.26. The van der Waals surface area contributed by atoms with Crippen LogP contribution in [0.15, 0.2) is 0 Å². The van der Waals surface area contributed by atoms with Gasteiger partial charge in [-0.15, -0.1) is 0 Å². The smallest absolute Gasteiger partial charge is 0.237 e. The molecule has 4 heterocycles. The van der Waals surface area contributed by atoms with Crippen molar-refractivity contribution in [2.45, 2.75) is 82.8 Å². The third-order valence-electron chi connectivity index (χ3n) is 8.15. The molecular weight excluding hydrogens is 390 g/mol. The number of rotatable bonds is 7. The van der Waals surface area contributed by atoms with E-state index in [1.807, 2.05) is 0 Å². The fourth-order valence-corrected chi connectivity index (χ4v) is 6.00. The van der Waals surface area contributed by atoms with Gasteiger partial charge in [0.15, 0.2) is 0 Å². The number of likely N-dealkylation sites (tertiary alicyclic amines) is 1. The summed E-state index contributed by atoms with van der Waals surface area (Å²) < 4.78 is 0. The predicted molar refractivity (Wildman–Crippen MR) is 123 cm³/mol. The van der Waals surface area contributed by atoms with Crippen LogP contribution in [-0.4, -0.2) is 74.1 Å². The molecule has 0 aromatic heterocycles. The fraction of sp³-hybridized carbons (Fsp3) is 0.917. The van der Waals surface area contributed by atoms with Gasteiger partial charge in [0.25, 0.3) is 0 Å². The monoisotopic (exact) mass is 433 g/mol. The van der Waals surface area contributed by atoms with Crippen LogP contribution in [0.2, 0.25) is 0 Å². The Hall–Kier alpha value is -1.18. The Morgan fingerprint density at radius 2 is 1.87 bits per heavy atom. The lowest BCUT2D eigenvalue weighted by Gasteiger charge is -2.36. The molecule has 0 bridgehead atoms. The molecule has 0 spiro atoms. The number of fused-ring (bicyclic) bond motifs is 1. The molecule has 2 amide bonds. The van der Waals surface area contributed by atoms with Crippen LogP contribution in [0.1, 0.15) is 64.7 Å². The molecular formula is C24H43N5O2. The minimum Gasteiger partial charge on any atom is -0.355 e. The van der Waals surface area contributed by atoms with Crippen molar-refractivity contribution in [2.75, 3.05) is 39.3 Å². The maximum absolute atomic E-state index is 12.8. The maximum atomic E-state index is 12.8. The Morgan fingerprint density at radius 3 is 2.61 bits per heavy atom. The first kappa shape index (κ1) is 23.0. The number of carbonyl (C=O) groups is 2. The van der Waals surface area contributed by atoms with E-state index in [9.17, 15) is 9.59 Å². The average molecular weight is 434 g/mol. The number of nitrogens with zero attached hydrogens (tertiary/aromatic N) is 1. The van der Waals surface area contributed by atoms with E-state index in [4.69, 9.17) is 0 Å². The SMILES string of the molecule is CC1CCC(C(=O)N2CCC(CCCCNC(=O)C3CC4CNCCC4N3)CC2)CN1. The Morgan fingerprint density at radius 1 is 1.03 bits per heavy atom. The zero-order valence-corrected chi connectivity index (χ0v) is 19.3. The third-order valence-corrected chi connectivity index (χ3v) is 8.15. The summed E-state index contributed by atoms with van der Waals surface area (Å²) in [6, 6.07) is 1.07. The number of hydrogen-bond acceptors (Lipinski definition) is 5. The summed E-state index contributed by atoms with van der Waals surface area (Å²) in [5, 5.41) is 13.6. The zero-order valence-electron chi connectivity index (χ0n) is 19.3. The van der Waals surface area contributed by atoms with Crippen molar-refractivity contribution in [3.05, 3.63) is 0 Å². The molecule has 0 aliphatic carbocycles. The molecule has 176 valence electrons. The van der Waals surface area contributed by atoms with E-state index < -0.39 is 0 Å². The first-order valence-electron chi connectivity index (χ1n) is 12.9. The third kappa shape index (κ3) is 6.20. The molecule has 4 saturated heterocycles. The van der Waals surface area contributed by atoms with Gasteiger partial charge in [0.05, 0.1) is 12.0 Å². The summed E-state index contributed by atoms with van der Waals surface area (Å²) in [5.74, 6) is 2.09. The number of amides is 2. The highest BCUT2D eigenvalue weighted by molar-refractivity contribution is 5.82. The number of piperidine rings is 3. The summed E-state index contributed by atoms with van der Waals surface area (Å²) in [7, 11) is 0. The number of hydrogen-bond donors (Lipinski definition) is 4. The standard InChI is InChI=1S/C24H43N5O2/c1-17-5-6-19(16-27-17)24(31)29-12-8-18(9-13-29)4-2-3-10-26-23(30)22-14-20-15-25-11-7-21(20)28-22/h17-22,25,27-28H,2-16H2,1H3,(H,26,30). The van der Waals surface area contributed by atoms with Gasteiger partial charge in [0.2, 0.25) is 11.8 Å². The minimum atomic E-state index is -0.000611. The molecule has 5 unspecified atom stereocenters. The molecule has 4 N–H and O–H groups in total. The van der Waals surface area contributed by atoms with E-state index in [-0.39, 0.29) is 17.9 Å². The van der Waals surface area contributed by atoms with Crippen molar-refractivity contribution in [3.8, 4) is 0 Å². The minimum absolute atomic E-state index is 0.000611. The van der Waals surface area contributed by atoms with Crippen LogP contribution in [0, 0.1) is 17.8 Å². The molecule has 31 heavy (non-hydrogen) atoms. The van der Waals surface area contributed by atoms with Crippen molar-refractivity contribution in [1.82, 2.24) is 26.2 Å². The van der Waals surface area contributed by atoms with E-state index in [1.165, 1.54) is 6.42 Å². The molecule has 0 aromatic rings. The molecule has 7 heteroatoms. The van der Waals surface area contributed by atoms with E-state index in [1.54, 1.807) is 0 Å². The lowest BCUT2D eigenvalue weighted by molar-refractivity contribution is -0.137. The summed E-state index contributed by atoms with van der Waals surface area (Å²) in [4.78, 5) is 27.3. The van der Waals surface area contributed by atoms with Gasteiger partial charge in [-0.2, -0.15) is 0 Å². The van der Waals surface area contributed by atoms with Gasteiger partial charge in [-0.1, -0.05) is 12.8 Å². The van der Waals surface area contributed by atoms with Crippen LogP contribution < -0.4 is 21.3 Å². The van der Waals surface area contributed by atoms with E-state index in [0.717, 1.165) is 96.6 Å². The van der Waals surface area contributed by atoms with Crippen molar-refractivity contribution in [3.63, 3.8) is 0 Å². The predicted octanol–water partition coefficient (Wildman–Crippen LogP) is 1.24. The number of unbranched alkanes of at least 4 members (excludes halogenated alkanes) is 1. The van der Waals surface area contributed by atoms with Gasteiger partial charge < -0.3 is 26.2 Å². The molecule has 0 aromatic carbocycles. The number of nitrogens with one attached hydrogen (secondary N) is 4. The molecule has 4 fully saturated rings. The van der Waals surface area contributed by atoms with Crippen LogP contribution >= 0.6 is 0 Å². The van der Waals surface area contributed by atoms with Gasteiger partial charge in [-0.25, -0.2) is 0 Å². The molecule has 4 aliphatic heterocycles. The summed E-state index contributed by atoms with van der Waals surface area (Å²) >= 11 is 0. The first-order valence-corrected chi connectivity index (χ1v) is 12.9. The Labute approximate surface area is 187 Å². The van der Waals surface area contributed by atoms with Gasteiger partial charge >= 0.3 is 0 Å². The lowest BCUT2D eigenvalue weighted by atomic mass is 9.89. The molecule has 4 rings (SSSR count). The fourth-order valence-electron chi connectivity index (χ4n) is 6.00. The highest BCUT2D eigenvalue weighted by Gasteiger charge is 2.38. The number of carbonyl (C=O) groups excluding carboxylic acids is 2. The van der Waals surface area contributed by atoms with Crippen molar-refractivity contribution in [1.29, 1.82) is 0 Å². The Balaban J connectivity index is 1.05. The molecule has 0 saturated carbocycles. The second-order valence-electron chi connectivity index (χ2n) is 10.5. The summed E-state index contributed by atoms with van der Waals surface area (Å²) in [5.41, 5.74) is 0. The van der Waals surface area contributed by atoms with Crippen LogP contribution in [-0.2, 0) is 9.59 Å². The second-order valence-corrected chi connectivity index (χ2v) is 10.5. The van der Waals surface area contributed by atoms with Gasteiger partial charge in [-0.05, 0) is 76.8 Å². The molecule has 5 atom stereocenters. The van der Waals surface area contributed by atoms with Crippen LogP contribution in [0.25, 0.3) is 0 Å². The highest BCUT2D eigenvalue weighted by atomic mass is 16.2. The van der Waals surface area contributed by atoms with Gasteiger partial charge in [0, 0.05) is 38.3 Å². The lowest BCUT2D eigenvalue weighted by Crippen LogP contribution is -2.47. The van der Waals surface area contributed by atoms with Crippen molar-refractivity contribution in [2.24, 2.45) is 17.8 Å². The zero-order chi connectivity index (χ0) is 21.6. The van der Waals surface area contributed by atoms with Gasteiger partial charge in [0.1, 0.15) is 0 Å². The maximum Gasteiger partial charge on any atom is 0.237 e. The van der Waals surface area contributed by atoms with Crippen LogP contribution in [0.5, 0.6) is 0 Å². The van der Waals surface area contributed by atoms with E-state index >= 15 is 0 Å². The summed E-state index contributed by atoms with van der Waals surface area (Å²) in [6.07, 6.45) is 9.96. The van der Waals surface area contributed by atoms with Crippen molar-refractivity contribution < 1.29 is 9.59 Å². The summed E-state index contributed by atoms with van der Waals surface area (Å²) in [6.45, 7) is 7.80. The normalized spacial score (nSPS) is 34.4. The molecule has 0 radical (unpaired) electrons. The molecule has 7 nitrogen and oxygen atoms in total. The van der Waals surface area contributed by atoms with E-state index in [0.29, 0.717) is 23.9 Å². The van der Waals surface area contributed by atoms with E-state index in [2.05, 4.69) is 33.1 Å². The van der Waals surface area contributed by atoms with Crippen LogP contribution in [0.3, 0.4) is 0 Å². The average Bonchev–Trinajstić information content (AvgIpc) is 3.24. The second kappa shape index (κ2) is 11.1. The van der Waals surface area contributed by atoms with Crippen LogP contribution in [0.4, 0.5) is 0 Å². The quantitative estimate of drug-likeness (QED) is 0.454. The Kier molecular flexibility index (Phi) is 8.24.